The summed E-state index contributed by atoms with van der Waals surface area (Å²) in [5.74, 6) is 0.261. The molecule has 2 atom stereocenters. The number of hydrogen-bond donors (Lipinski definition) is 2. The van der Waals surface area contributed by atoms with Gasteiger partial charge in [0, 0.05) is 26.2 Å². The smallest absolute Gasteiger partial charge is 0.0706 e. The average Bonchev–Trinajstić information content (AvgIpc) is 2.25. The zero-order chi connectivity index (χ0) is 12.9. The van der Waals surface area contributed by atoms with Crippen LogP contribution < -0.4 is 5.32 Å². The van der Waals surface area contributed by atoms with E-state index >= 15 is 0 Å². The molecular formula is C13H28N2O2. The second-order valence-electron chi connectivity index (χ2n) is 5.69. The first kappa shape index (κ1) is 14.9. The van der Waals surface area contributed by atoms with E-state index < -0.39 is 5.60 Å². The minimum atomic E-state index is -0.614. The van der Waals surface area contributed by atoms with Crippen LogP contribution in [0, 0.1) is 5.92 Å². The zero-order valence-electron chi connectivity index (χ0n) is 11.7. The fourth-order valence-corrected chi connectivity index (χ4v) is 2.08. The molecule has 1 aliphatic heterocycles. The maximum absolute atomic E-state index is 9.94. The zero-order valence-corrected chi connectivity index (χ0v) is 11.7. The minimum Gasteiger partial charge on any atom is -0.390 e. The Kier molecular flexibility index (Phi) is 5.86. The Labute approximate surface area is 105 Å². The van der Waals surface area contributed by atoms with Gasteiger partial charge in [-0.25, -0.2) is 0 Å². The van der Waals surface area contributed by atoms with Crippen LogP contribution in [0.15, 0.2) is 0 Å². The van der Waals surface area contributed by atoms with E-state index in [1.807, 2.05) is 20.9 Å². The SMILES string of the molecule is CNCCN1CCOC(CC(C)C(C)(C)O)C1. The van der Waals surface area contributed by atoms with Crippen LogP contribution in [0.2, 0.25) is 0 Å². The molecule has 0 aliphatic carbocycles. The lowest BCUT2D eigenvalue weighted by Gasteiger charge is -2.36. The summed E-state index contributed by atoms with van der Waals surface area (Å²) in [5, 5.41) is 13.1. The molecule has 0 radical (unpaired) electrons. The number of aliphatic hydroxyl groups is 1. The first-order chi connectivity index (χ1) is 7.93. The lowest BCUT2D eigenvalue weighted by Crippen LogP contribution is -2.46. The number of likely N-dealkylation sites (N-methyl/N-ethyl adjacent to an activating group) is 1. The van der Waals surface area contributed by atoms with Crippen LogP contribution in [0.3, 0.4) is 0 Å². The van der Waals surface area contributed by atoms with E-state index in [4.69, 9.17) is 4.74 Å². The maximum atomic E-state index is 9.94. The molecule has 2 N–H and O–H groups in total. The fourth-order valence-electron chi connectivity index (χ4n) is 2.08. The number of hydrogen-bond acceptors (Lipinski definition) is 4. The summed E-state index contributed by atoms with van der Waals surface area (Å²) in [6.07, 6.45) is 1.20. The third-order valence-corrected chi connectivity index (χ3v) is 3.72. The van der Waals surface area contributed by atoms with Crippen LogP contribution in [-0.2, 0) is 4.74 Å². The van der Waals surface area contributed by atoms with Crippen LogP contribution >= 0.6 is 0 Å². The minimum absolute atomic E-state index is 0.261. The lowest BCUT2D eigenvalue weighted by atomic mass is 9.87. The Morgan fingerprint density at radius 3 is 2.82 bits per heavy atom. The standard InChI is InChI=1S/C13H28N2O2/c1-11(13(2,3)16)9-12-10-15(6-5-14-4)7-8-17-12/h11-12,14,16H,5-10H2,1-4H3. The summed E-state index contributed by atoms with van der Waals surface area (Å²) < 4.78 is 5.78. The largest absolute Gasteiger partial charge is 0.390 e. The molecule has 0 spiro atoms. The van der Waals surface area contributed by atoms with E-state index in [1.165, 1.54) is 0 Å². The molecule has 102 valence electrons. The van der Waals surface area contributed by atoms with Crippen molar-refractivity contribution >= 4 is 0 Å². The lowest BCUT2D eigenvalue weighted by molar-refractivity contribution is -0.0611. The Morgan fingerprint density at radius 2 is 2.24 bits per heavy atom. The summed E-state index contributed by atoms with van der Waals surface area (Å²) in [6, 6.07) is 0. The second-order valence-corrected chi connectivity index (χ2v) is 5.69. The highest BCUT2D eigenvalue weighted by Crippen LogP contribution is 2.23. The van der Waals surface area contributed by atoms with Crippen molar-refractivity contribution in [3.8, 4) is 0 Å². The molecule has 0 aromatic carbocycles. The highest BCUT2D eigenvalue weighted by atomic mass is 16.5. The summed E-state index contributed by atoms with van der Waals surface area (Å²) >= 11 is 0. The molecule has 0 amide bonds. The van der Waals surface area contributed by atoms with Gasteiger partial charge in [-0.3, -0.25) is 4.90 Å². The van der Waals surface area contributed by atoms with Crippen LogP contribution in [-0.4, -0.2) is 61.5 Å². The summed E-state index contributed by atoms with van der Waals surface area (Å²) in [4.78, 5) is 2.43. The highest BCUT2D eigenvalue weighted by Gasteiger charge is 2.28. The number of rotatable bonds is 6. The molecule has 0 saturated carbocycles. The molecule has 1 aliphatic rings. The van der Waals surface area contributed by atoms with E-state index in [0.717, 1.165) is 39.2 Å². The van der Waals surface area contributed by atoms with Crippen molar-refractivity contribution in [1.82, 2.24) is 10.2 Å². The Hall–Kier alpha value is -0.160. The molecule has 17 heavy (non-hydrogen) atoms. The Morgan fingerprint density at radius 1 is 1.53 bits per heavy atom. The van der Waals surface area contributed by atoms with Gasteiger partial charge in [-0.15, -0.1) is 0 Å². The molecule has 0 aromatic heterocycles. The summed E-state index contributed by atoms with van der Waals surface area (Å²) in [6.45, 7) is 10.8. The highest BCUT2D eigenvalue weighted by molar-refractivity contribution is 4.80. The molecular weight excluding hydrogens is 216 g/mol. The molecule has 0 aromatic rings. The predicted octanol–water partition coefficient (Wildman–Crippen LogP) is 0.704. The van der Waals surface area contributed by atoms with Crippen LogP contribution in [0.5, 0.6) is 0 Å². The van der Waals surface area contributed by atoms with Gasteiger partial charge in [0.2, 0.25) is 0 Å². The van der Waals surface area contributed by atoms with E-state index in [0.29, 0.717) is 0 Å². The average molecular weight is 244 g/mol. The van der Waals surface area contributed by atoms with Gasteiger partial charge >= 0.3 is 0 Å². The van der Waals surface area contributed by atoms with Gasteiger partial charge in [0.15, 0.2) is 0 Å². The van der Waals surface area contributed by atoms with Crippen LogP contribution in [0.25, 0.3) is 0 Å². The van der Waals surface area contributed by atoms with Crippen molar-refractivity contribution in [3.05, 3.63) is 0 Å². The maximum Gasteiger partial charge on any atom is 0.0706 e. The van der Waals surface area contributed by atoms with Gasteiger partial charge in [0.25, 0.3) is 0 Å². The van der Waals surface area contributed by atoms with E-state index in [2.05, 4.69) is 17.1 Å². The summed E-state index contributed by atoms with van der Waals surface area (Å²) in [7, 11) is 1.98. The molecule has 4 nitrogen and oxygen atoms in total. The molecule has 1 saturated heterocycles. The van der Waals surface area contributed by atoms with Gasteiger partial charge in [-0.1, -0.05) is 6.92 Å². The predicted molar refractivity (Wildman–Crippen MR) is 70.2 cm³/mol. The molecule has 1 rings (SSSR count). The second kappa shape index (κ2) is 6.69. The molecule has 1 fully saturated rings. The quantitative estimate of drug-likeness (QED) is 0.722. The van der Waals surface area contributed by atoms with Crippen molar-refractivity contribution in [2.24, 2.45) is 5.92 Å². The van der Waals surface area contributed by atoms with E-state index in [9.17, 15) is 5.11 Å². The van der Waals surface area contributed by atoms with Gasteiger partial charge in [0.05, 0.1) is 18.3 Å². The molecule has 1 heterocycles. The van der Waals surface area contributed by atoms with E-state index in [-0.39, 0.29) is 12.0 Å². The van der Waals surface area contributed by atoms with E-state index in [1.54, 1.807) is 0 Å². The van der Waals surface area contributed by atoms with Crippen molar-refractivity contribution in [3.63, 3.8) is 0 Å². The topological polar surface area (TPSA) is 44.7 Å². The van der Waals surface area contributed by atoms with Gasteiger partial charge in [-0.05, 0) is 33.2 Å². The normalized spacial score (nSPS) is 24.9. The monoisotopic (exact) mass is 244 g/mol. The van der Waals surface area contributed by atoms with Crippen molar-refractivity contribution < 1.29 is 9.84 Å². The van der Waals surface area contributed by atoms with Crippen molar-refractivity contribution in [2.45, 2.75) is 38.9 Å². The van der Waals surface area contributed by atoms with Crippen LogP contribution in [0.4, 0.5) is 0 Å². The number of morpholine rings is 1. The first-order valence-corrected chi connectivity index (χ1v) is 6.64. The van der Waals surface area contributed by atoms with Gasteiger partial charge in [-0.2, -0.15) is 0 Å². The fraction of sp³-hybridized carbons (Fsp3) is 1.00. The van der Waals surface area contributed by atoms with Crippen LogP contribution in [0.1, 0.15) is 27.2 Å². The molecule has 2 unspecified atom stereocenters. The number of ether oxygens (including phenoxy) is 1. The third-order valence-electron chi connectivity index (χ3n) is 3.72. The van der Waals surface area contributed by atoms with Crippen molar-refractivity contribution in [2.75, 3.05) is 39.8 Å². The molecule has 4 heteroatoms. The third kappa shape index (κ3) is 5.34. The number of nitrogens with zero attached hydrogens (tertiary/aromatic N) is 1. The first-order valence-electron chi connectivity index (χ1n) is 6.64. The van der Waals surface area contributed by atoms with Gasteiger partial charge < -0.3 is 15.2 Å². The van der Waals surface area contributed by atoms with Crippen molar-refractivity contribution in [1.29, 1.82) is 0 Å². The van der Waals surface area contributed by atoms with Gasteiger partial charge in [0.1, 0.15) is 0 Å². The summed E-state index contributed by atoms with van der Waals surface area (Å²) in [5.41, 5.74) is -0.614. The Balaban J connectivity index is 2.34. The number of nitrogens with one attached hydrogen (secondary N) is 1. The Bertz CT molecular complexity index is 216. The molecule has 0 bridgehead atoms.